The van der Waals surface area contributed by atoms with Crippen LogP contribution in [0, 0.1) is 5.82 Å². The van der Waals surface area contributed by atoms with E-state index in [1.807, 2.05) is 0 Å². The van der Waals surface area contributed by atoms with Gasteiger partial charge in [0.05, 0.1) is 28.2 Å². The van der Waals surface area contributed by atoms with Crippen LogP contribution in [0.25, 0.3) is 0 Å². The lowest BCUT2D eigenvalue weighted by Gasteiger charge is -2.30. The zero-order chi connectivity index (χ0) is 21.9. The van der Waals surface area contributed by atoms with Crippen LogP contribution in [-0.4, -0.2) is 10.9 Å². The highest BCUT2D eigenvalue weighted by atomic mass is 35.5. The number of nitrogens with two attached hydrogens (primary N) is 1. The predicted molar refractivity (Wildman–Crippen MR) is 105 cm³/mol. The topological polar surface area (TPSA) is 68.0 Å². The minimum atomic E-state index is -4.79. The highest BCUT2D eigenvalue weighted by molar-refractivity contribution is 6.30. The number of nitrogens with one attached hydrogen (secondary N) is 1. The minimum absolute atomic E-state index is 0.0637. The summed E-state index contributed by atoms with van der Waals surface area (Å²) in [5, 5.41) is 2.89. The molecular weight excluding hydrogens is 422 g/mol. The van der Waals surface area contributed by atoms with Crippen molar-refractivity contribution in [2.45, 2.75) is 18.1 Å². The molecule has 0 saturated heterocycles. The van der Waals surface area contributed by atoms with Crippen LogP contribution in [0.4, 0.5) is 23.2 Å². The number of amides is 1. The van der Waals surface area contributed by atoms with Gasteiger partial charge in [0.15, 0.2) is 0 Å². The van der Waals surface area contributed by atoms with Gasteiger partial charge in [0.1, 0.15) is 5.82 Å². The van der Waals surface area contributed by atoms with Gasteiger partial charge in [-0.15, -0.1) is 0 Å². The summed E-state index contributed by atoms with van der Waals surface area (Å²) >= 11 is 5.84. The highest BCUT2D eigenvalue weighted by Crippen LogP contribution is 2.36. The minimum Gasteiger partial charge on any atom is -0.326 e. The quantitative estimate of drug-likeness (QED) is 0.544. The normalized spacial score (nSPS) is 13.5. The summed E-state index contributed by atoms with van der Waals surface area (Å²) in [5.74, 6) is -1.72. The molecule has 30 heavy (non-hydrogen) atoms. The van der Waals surface area contributed by atoms with Crippen molar-refractivity contribution in [2.24, 2.45) is 5.73 Å². The van der Waals surface area contributed by atoms with Crippen molar-refractivity contribution in [2.75, 3.05) is 5.32 Å². The molecule has 3 aromatic rings. The Morgan fingerprint density at radius 3 is 2.30 bits per heavy atom. The monoisotopic (exact) mass is 437 g/mol. The standard InChI is InChI=1S/C21H16ClF4N3O/c22-15-6-7-18(28-12-15)20(27,11-19(30)29-17-4-2-1-3-5-17)13-8-14(21(24,25)26)10-16(23)9-13/h1-10,12H,11,27H2,(H,29,30). The van der Waals surface area contributed by atoms with Crippen molar-refractivity contribution in [1.82, 2.24) is 4.98 Å². The number of aromatic nitrogens is 1. The van der Waals surface area contributed by atoms with Crippen molar-refractivity contribution in [1.29, 1.82) is 0 Å². The molecule has 0 fully saturated rings. The highest BCUT2D eigenvalue weighted by Gasteiger charge is 2.38. The fraction of sp³-hybridized carbons (Fsp3) is 0.143. The summed E-state index contributed by atoms with van der Waals surface area (Å²) in [4.78, 5) is 16.7. The van der Waals surface area contributed by atoms with Gasteiger partial charge in [0.25, 0.3) is 0 Å². The van der Waals surface area contributed by atoms with Crippen molar-refractivity contribution < 1.29 is 22.4 Å². The average molecular weight is 438 g/mol. The number of rotatable bonds is 5. The van der Waals surface area contributed by atoms with Crippen LogP contribution in [0.2, 0.25) is 5.02 Å². The molecule has 0 aliphatic carbocycles. The number of carbonyl (C=O) groups is 1. The van der Waals surface area contributed by atoms with Crippen LogP contribution in [-0.2, 0) is 16.5 Å². The molecule has 1 heterocycles. The van der Waals surface area contributed by atoms with E-state index in [9.17, 15) is 22.4 Å². The van der Waals surface area contributed by atoms with Gasteiger partial charge in [-0.1, -0.05) is 29.8 Å². The number of hydrogen-bond acceptors (Lipinski definition) is 3. The number of carbonyl (C=O) groups excluding carboxylic acids is 1. The third-order valence-electron chi connectivity index (χ3n) is 4.42. The summed E-state index contributed by atoms with van der Waals surface area (Å²) in [6.45, 7) is 0. The van der Waals surface area contributed by atoms with E-state index in [0.29, 0.717) is 11.8 Å². The van der Waals surface area contributed by atoms with Crippen LogP contribution >= 0.6 is 11.6 Å². The predicted octanol–water partition coefficient (Wildman–Crippen LogP) is 5.12. The summed E-state index contributed by atoms with van der Waals surface area (Å²) in [5.41, 5.74) is 3.66. The van der Waals surface area contributed by atoms with Crippen molar-refractivity contribution in [3.63, 3.8) is 0 Å². The molecule has 0 saturated carbocycles. The number of alkyl halides is 3. The van der Waals surface area contributed by atoms with Gasteiger partial charge in [0, 0.05) is 11.9 Å². The summed E-state index contributed by atoms with van der Waals surface area (Å²) in [6.07, 6.45) is -4.04. The van der Waals surface area contributed by atoms with Gasteiger partial charge in [-0.25, -0.2) is 4.39 Å². The van der Waals surface area contributed by atoms with Gasteiger partial charge >= 0.3 is 6.18 Å². The molecule has 0 spiro atoms. The number of halogens is 5. The molecule has 3 N–H and O–H groups in total. The fourth-order valence-corrected chi connectivity index (χ4v) is 3.08. The molecule has 3 rings (SSSR count). The molecule has 0 aliphatic heterocycles. The lowest BCUT2D eigenvalue weighted by molar-refractivity contribution is -0.137. The van der Waals surface area contributed by atoms with E-state index in [2.05, 4.69) is 10.3 Å². The summed E-state index contributed by atoms with van der Waals surface area (Å²) in [6, 6.07) is 13.2. The van der Waals surface area contributed by atoms with E-state index in [4.69, 9.17) is 17.3 Å². The first-order valence-corrected chi connectivity index (χ1v) is 9.10. The zero-order valence-electron chi connectivity index (χ0n) is 15.4. The Morgan fingerprint density at radius 1 is 1.03 bits per heavy atom. The van der Waals surface area contributed by atoms with E-state index in [-0.39, 0.29) is 16.3 Å². The lowest BCUT2D eigenvalue weighted by Crippen LogP contribution is -2.42. The van der Waals surface area contributed by atoms with Crippen LogP contribution in [0.3, 0.4) is 0 Å². The van der Waals surface area contributed by atoms with E-state index < -0.39 is 35.4 Å². The first-order chi connectivity index (χ1) is 14.1. The molecule has 1 aromatic heterocycles. The SMILES string of the molecule is NC(CC(=O)Nc1ccccc1)(c1cc(F)cc(C(F)(F)F)c1)c1ccc(Cl)cn1. The molecule has 156 valence electrons. The molecule has 9 heteroatoms. The van der Waals surface area contributed by atoms with E-state index in [1.54, 1.807) is 30.3 Å². The molecule has 1 unspecified atom stereocenters. The van der Waals surface area contributed by atoms with Gasteiger partial charge in [-0.05, 0) is 48.0 Å². The van der Waals surface area contributed by atoms with Crippen molar-refractivity contribution in [3.05, 3.63) is 94.5 Å². The number of anilines is 1. The Labute approximate surface area is 174 Å². The van der Waals surface area contributed by atoms with Gasteiger partial charge < -0.3 is 11.1 Å². The molecular formula is C21H16ClF4N3O. The van der Waals surface area contributed by atoms with E-state index in [1.165, 1.54) is 18.3 Å². The summed E-state index contributed by atoms with van der Waals surface area (Å²) in [7, 11) is 0. The zero-order valence-corrected chi connectivity index (χ0v) is 16.1. The van der Waals surface area contributed by atoms with Gasteiger partial charge in [-0.2, -0.15) is 13.2 Å². The van der Waals surface area contributed by atoms with Crippen LogP contribution in [0.5, 0.6) is 0 Å². The second-order valence-electron chi connectivity index (χ2n) is 6.65. The maximum Gasteiger partial charge on any atom is 0.416 e. The third kappa shape index (κ3) is 4.95. The Hall–Kier alpha value is -2.97. The molecule has 0 aliphatic rings. The second-order valence-corrected chi connectivity index (χ2v) is 7.09. The maximum absolute atomic E-state index is 14.1. The Balaban J connectivity index is 2.05. The number of hydrogen-bond donors (Lipinski definition) is 2. The van der Waals surface area contributed by atoms with Gasteiger partial charge in [-0.3, -0.25) is 9.78 Å². The Kier molecular flexibility index (Phi) is 6.09. The largest absolute Gasteiger partial charge is 0.416 e. The fourth-order valence-electron chi connectivity index (χ4n) is 2.97. The van der Waals surface area contributed by atoms with Crippen LogP contribution in [0.1, 0.15) is 23.2 Å². The van der Waals surface area contributed by atoms with Crippen molar-refractivity contribution >= 4 is 23.2 Å². The number of para-hydroxylation sites is 1. The lowest BCUT2D eigenvalue weighted by atomic mass is 9.82. The first-order valence-electron chi connectivity index (χ1n) is 8.72. The number of nitrogens with zero attached hydrogens (tertiary/aromatic N) is 1. The molecule has 0 bridgehead atoms. The molecule has 0 radical (unpaired) electrons. The van der Waals surface area contributed by atoms with Crippen LogP contribution < -0.4 is 11.1 Å². The Bertz CT molecular complexity index is 1040. The first kappa shape index (κ1) is 21.7. The second kappa shape index (κ2) is 8.41. The molecule has 1 atom stereocenters. The smallest absolute Gasteiger partial charge is 0.326 e. The molecule has 1 amide bonds. The summed E-state index contributed by atoms with van der Waals surface area (Å²) < 4.78 is 53.7. The number of benzene rings is 2. The van der Waals surface area contributed by atoms with Gasteiger partial charge in [0.2, 0.25) is 5.91 Å². The molecule has 4 nitrogen and oxygen atoms in total. The average Bonchev–Trinajstić information content (AvgIpc) is 2.68. The third-order valence-corrected chi connectivity index (χ3v) is 4.65. The number of pyridine rings is 1. The maximum atomic E-state index is 14.1. The van der Waals surface area contributed by atoms with E-state index in [0.717, 1.165) is 12.1 Å². The molecule has 2 aromatic carbocycles. The Morgan fingerprint density at radius 2 is 1.70 bits per heavy atom. The van der Waals surface area contributed by atoms with Crippen molar-refractivity contribution in [3.8, 4) is 0 Å². The van der Waals surface area contributed by atoms with Crippen LogP contribution in [0.15, 0.2) is 66.9 Å². The van der Waals surface area contributed by atoms with E-state index >= 15 is 0 Å².